The number of pyridine rings is 1. The van der Waals surface area contributed by atoms with E-state index in [-0.39, 0.29) is 6.10 Å². The van der Waals surface area contributed by atoms with E-state index in [1.165, 1.54) is 5.56 Å². The summed E-state index contributed by atoms with van der Waals surface area (Å²) in [6.07, 6.45) is 2.93. The van der Waals surface area contributed by atoms with Crippen LogP contribution in [0.3, 0.4) is 0 Å². The second kappa shape index (κ2) is 7.33. The molecule has 0 bridgehead atoms. The van der Waals surface area contributed by atoms with Gasteiger partial charge >= 0.3 is 0 Å². The molecule has 1 N–H and O–H groups in total. The highest BCUT2D eigenvalue weighted by molar-refractivity contribution is 7.13. The Bertz CT molecular complexity index is 895. The highest BCUT2D eigenvalue weighted by Gasteiger charge is 2.22. The molecular formula is C20H21N3O2S. The first-order valence-electron chi connectivity index (χ1n) is 8.79. The number of thiazole rings is 1. The molecule has 0 saturated carbocycles. The van der Waals surface area contributed by atoms with Crippen molar-refractivity contribution in [2.75, 3.05) is 11.9 Å². The monoisotopic (exact) mass is 367 g/mol. The van der Waals surface area contributed by atoms with Crippen LogP contribution in [0.25, 0.3) is 10.7 Å². The zero-order valence-electron chi connectivity index (χ0n) is 14.9. The van der Waals surface area contributed by atoms with Crippen LogP contribution in [0.4, 0.5) is 5.69 Å². The molecule has 4 rings (SSSR count). The molecule has 0 spiro atoms. The maximum atomic E-state index is 5.88. The summed E-state index contributed by atoms with van der Waals surface area (Å²) < 4.78 is 11.7. The lowest BCUT2D eigenvalue weighted by Crippen LogP contribution is -2.05. The summed E-state index contributed by atoms with van der Waals surface area (Å²) in [5.74, 6) is 1.81. The first kappa shape index (κ1) is 16.8. The Kier molecular flexibility index (Phi) is 4.75. The molecule has 3 aromatic rings. The minimum atomic E-state index is 0.217. The topological polar surface area (TPSA) is 56.3 Å². The Labute approximate surface area is 157 Å². The van der Waals surface area contributed by atoms with Crippen LogP contribution in [0, 0.1) is 0 Å². The second-order valence-electron chi connectivity index (χ2n) is 6.23. The molecule has 1 unspecified atom stereocenters. The van der Waals surface area contributed by atoms with Crippen molar-refractivity contribution in [1.29, 1.82) is 0 Å². The van der Waals surface area contributed by atoms with Crippen LogP contribution < -0.4 is 14.8 Å². The lowest BCUT2D eigenvalue weighted by Gasteiger charge is -2.13. The summed E-state index contributed by atoms with van der Waals surface area (Å²) in [4.78, 5) is 9.03. The van der Waals surface area contributed by atoms with Gasteiger partial charge in [0.1, 0.15) is 22.6 Å². The van der Waals surface area contributed by atoms with E-state index in [4.69, 9.17) is 9.47 Å². The smallest absolute Gasteiger partial charge is 0.142 e. The van der Waals surface area contributed by atoms with Gasteiger partial charge in [0.05, 0.1) is 30.2 Å². The van der Waals surface area contributed by atoms with Crippen LogP contribution in [0.2, 0.25) is 0 Å². The third-order valence-corrected chi connectivity index (χ3v) is 5.11. The highest BCUT2D eigenvalue weighted by Crippen LogP contribution is 2.38. The summed E-state index contributed by atoms with van der Waals surface area (Å²) in [5.41, 5.74) is 4.02. The lowest BCUT2D eigenvalue weighted by molar-refractivity contribution is 0.254. The molecule has 1 aliphatic heterocycles. The van der Waals surface area contributed by atoms with E-state index >= 15 is 0 Å². The largest absolute Gasteiger partial charge is 0.492 e. The predicted molar refractivity (Wildman–Crippen MR) is 104 cm³/mol. The van der Waals surface area contributed by atoms with Crippen molar-refractivity contribution >= 4 is 17.0 Å². The summed E-state index contributed by atoms with van der Waals surface area (Å²) in [5, 5.41) is 6.43. The van der Waals surface area contributed by atoms with E-state index in [0.29, 0.717) is 13.2 Å². The molecule has 26 heavy (non-hydrogen) atoms. The van der Waals surface area contributed by atoms with Gasteiger partial charge in [0.25, 0.3) is 0 Å². The Morgan fingerprint density at radius 3 is 3.08 bits per heavy atom. The number of nitrogens with one attached hydrogen (secondary N) is 1. The maximum absolute atomic E-state index is 5.88. The van der Waals surface area contributed by atoms with Crippen molar-refractivity contribution in [3.63, 3.8) is 0 Å². The minimum Gasteiger partial charge on any atom is -0.492 e. The van der Waals surface area contributed by atoms with Crippen LogP contribution >= 0.6 is 11.3 Å². The van der Waals surface area contributed by atoms with E-state index < -0.39 is 0 Å². The molecule has 0 amide bonds. The van der Waals surface area contributed by atoms with Crippen LogP contribution in [-0.2, 0) is 13.0 Å². The van der Waals surface area contributed by atoms with E-state index in [1.807, 2.05) is 31.2 Å². The average Bonchev–Trinajstić information content (AvgIpc) is 3.26. The zero-order chi connectivity index (χ0) is 17.9. The normalized spacial score (nSPS) is 15.4. The first-order valence-corrected chi connectivity index (χ1v) is 9.67. The van der Waals surface area contributed by atoms with Crippen LogP contribution in [-0.4, -0.2) is 22.7 Å². The number of rotatable bonds is 6. The molecule has 3 heterocycles. The Morgan fingerprint density at radius 1 is 1.35 bits per heavy atom. The fourth-order valence-electron chi connectivity index (χ4n) is 3.03. The molecule has 0 fully saturated rings. The van der Waals surface area contributed by atoms with Crippen molar-refractivity contribution in [3.05, 3.63) is 53.2 Å². The number of benzene rings is 1. The Balaban J connectivity index is 1.51. The van der Waals surface area contributed by atoms with Gasteiger partial charge in [0.15, 0.2) is 0 Å². The van der Waals surface area contributed by atoms with Gasteiger partial charge in [-0.25, -0.2) is 4.98 Å². The summed E-state index contributed by atoms with van der Waals surface area (Å²) >= 11 is 1.60. The van der Waals surface area contributed by atoms with Gasteiger partial charge in [-0.1, -0.05) is 6.07 Å². The molecule has 134 valence electrons. The molecule has 1 atom stereocenters. The standard InChI is InChI=1S/C20H21N3O2S/c1-3-24-19-9-14-8-13(2)25-18(14)10-17(19)22-11-15-12-26-20(23-15)16-6-4-5-7-21-16/h4-7,9-10,12-13,22H,3,8,11H2,1-2H3. The van der Waals surface area contributed by atoms with Gasteiger partial charge in [-0.2, -0.15) is 0 Å². The average molecular weight is 367 g/mol. The van der Waals surface area contributed by atoms with E-state index in [9.17, 15) is 0 Å². The molecule has 2 aromatic heterocycles. The van der Waals surface area contributed by atoms with Crippen molar-refractivity contribution in [3.8, 4) is 22.2 Å². The van der Waals surface area contributed by atoms with Gasteiger partial charge in [0.2, 0.25) is 0 Å². The first-order chi connectivity index (χ1) is 12.7. The Morgan fingerprint density at radius 2 is 2.27 bits per heavy atom. The SMILES string of the molecule is CCOc1cc2c(cc1NCc1csc(-c3ccccn3)n1)OC(C)C2. The minimum absolute atomic E-state index is 0.217. The maximum Gasteiger partial charge on any atom is 0.142 e. The number of nitrogens with zero attached hydrogens (tertiary/aromatic N) is 2. The Hall–Kier alpha value is -2.60. The van der Waals surface area contributed by atoms with Crippen molar-refractivity contribution < 1.29 is 9.47 Å². The summed E-state index contributed by atoms with van der Waals surface area (Å²) in [7, 11) is 0. The molecule has 0 saturated heterocycles. The van der Waals surface area contributed by atoms with Crippen LogP contribution in [0.1, 0.15) is 25.1 Å². The molecular weight excluding hydrogens is 346 g/mol. The number of hydrogen-bond donors (Lipinski definition) is 1. The lowest BCUT2D eigenvalue weighted by atomic mass is 10.1. The third kappa shape index (κ3) is 3.51. The zero-order valence-corrected chi connectivity index (χ0v) is 15.7. The van der Waals surface area contributed by atoms with Gasteiger partial charge < -0.3 is 14.8 Å². The van der Waals surface area contributed by atoms with Gasteiger partial charge in [-0.05, 0) is 32.0 Å². The number of aromatic nitrogens is 2. The number of anilines is 1. The van der Waals surface area contributed by atoms with Crippen molar-refractivity contribution in [2.45, 2.75) is 32.9 Å². The van der Waals surface area contributed by atoms with Gasteiger partial charge in [-0.3, -0.25) is 4.98 Å². The quantitative estimate of drug-likeness (QED) is 0.693. The van der Waals surface area contributed by atoms with Crippen molar-refractivity contribution in [1.82, 2.24) is 9.97 Å². The second-order valence-corrected chi connectivity index (χ2v) is 7.09. The summed E-state index contributed by atoms with van der Waals surface area (Å²) in [6.45, 7) is 5.33. The molecule has 0 radical (unpaired) electrons. The number of ether oxygens (including phenoxy) is 2. The highest BCUT2D eigenvalue weighted by atomic mass is 32.1. The molecule has 1 aliphatic rings. The molecule has 0 aliphatic carbocycles. The van der Waals surface area contributed by atoms with Gasteiger partial charge in [-0.15, -0.1) is 11.3 Å². The predicted octanol–water partition coefficient (Wildman–Crippen LogP) is 4.54. The van der Waals surface area contributed by atoms with Crippen LogP contribution in [0.15, 0.2) is 41.9 Å². The van der Waals surface area contributed by atoms with Crippen molar-refractivity contribution in [2.24, 2.45) is 0 Å². The number of fused-ring (bicyclic) bond motifs is 1. The fraction of sp³-hybridized carbons (Fsp3) is 0.300. The third-order valence-electron chi connectivity index (χ3n) is 4.19. The van der Waals surface area contributed by atoms with E-state index in [0.717, 1.165) is 40.0 Å². The molecule has 5 nitrogen and oxygen atoms in total. The molecule has 1 aromatic carbocycles. The van der Waals surface area contributed by atoms with Crippen LogP contribution in [0.5, 0.6) is 11.5 Å². The van der Waals surface area contributed by atoms with E-state index in [2.05, 4.69) is 33.7 Å². The van der Waals surface area contributed by atoms with Gasteiger partial charge in [0, 0.05) is 29.6 Å². The summed E-state index contributed by atoms with van der Waals surface area (Å²) in [6, 6.07) is 9.98. The molecule has 6 heteroatoms. The fourth-order valence-corrected chi connectivity index (χ4v) is 3.83. The number of hydrogen-bond acceptors (Lipinski definition) is 6. The van der Waals surface area contributed by atoms with E-state index in [1.54, 1.807) is 17.5 Å².